The number of oxime groups is 1. The fourth-order valence-electron chi connectivity index (χ4n) is 2.62. The molecule has 0 aliphatic carbocycles. The second-order valence-electron chi connectivity index (χ2n) is 5.44. The van der Waals surface area contributed by atoms with Gasteiger partial charge in [-0.25, -0.2) is 4.79 Å². The monoisotopic (exact) mass is 342 g/mol. The highest BCUT2D eigenvalue weighted by Crippen LogP contribution is 2.29. The van der Waals surface area contributed by atoms with E-state index in [1.165, 1.54) is 13.2 Å². The van der Waals surface area contributed by atoms with Crippen LogP contribution in [0.5, 0.6) is 0 Å². The van der Waals surface area contributed by atoms with Crippen LogP contribution >= 0.6 is 0 Å². The maximum Gasteiger partial charge on any atom is 0.373 e. The first kappa shape index (κ1) is 16.8. The Bertz CT molecular complexity index is 824. The van der Waals surface area contributed by atoms with E-state index in [0.29, 0.717) is 12.3 Å². The summed E-state index contributed by atoms with van der Waals surface area (Å²) in [6.07, 6.45) is 0.844. The molecule has 25 heavy (non-hydrogen) atoms. The van der Waals surface area contributed by atoms with Gasteiger partial charge in [0.25, 0.3) is 5.91 Å². The van der Waals surface area contributed by atoms with E-state index >= 15 is 0 Å². The molecule has 1 aromatic carbocycles. The van der Waals surface area contributed by atoms with Crippen molar-refractivity contribution in [1.29, 1.82) is 0 Å². The topological polar surface area (TPSA) is 81.3 Å². The van der Waals surface area contributed by atoms with Gasteiger partial charge in [-0.05, 0) is 24.6 Å². The standard InChI is InChI=1S/C18H18N2O5/c1-3-10-20-14-7-5-4-6-13(14)16(17(20)21)19-24-11-12-8-9-15(25-12)18(22)23-2/h4-9H,3,10-11H2,1-2H3. The summed E-state index contributed by atoms with van der Waals surface area (Å²) in [6, 6.07) is 10.6. The number of benzene rings is 1. The molecule has 0 spiro atoms. The quantitative estimate of drug-likeness (QED) is 0.595. The van der Waals surface area contributed by atoms with Crippen LogP contribution < -0.4 is 4.90 Å². The number of furan rings is 1. The fraction of sp³-hybridized carbons (Fsp3) is 0.278. The first-order chi connectivity index (χ1) is 12.2. The molecule has 0 radical (unpaired) electrons. The molecule has 2 heterocycles. The lowest BCUT2D eigenvalue weighted by molar-refractivity contribution is -0.112. The third-order valence-electron chi connectivity index (χ3n) is 3.76. The Hall–Kier alpha value is -3.09. The van der Waals surface area contributed by atoms with Crippen LogP contribution in [-0.2, 0) is 21.0 Å². The Balaban J connectivity index is 1.74. The molecule has 0 saturated carbocycles. The number of nitrogens with zero attached hydrogens (tertiary/aromatic N) is 2. The Morgan fingerprint density at radius 2 is 2.04 bits per heavy atom. The number of rotatable bonds is 6. The largest absolute Gasteiger partial charge is 0.463 e. The number of ether oxygens (including phenoxy) is 1. The van der Waals surface area contributed by atoms with Gasteiger partial charge in [-0.3, -0.25) is 4.79 Å². The van der Waals surface area contributed by atoms with Gasteiger partial charge in [-0.1, -0.05) is 30.3 Å². The molecule has 0 saturated heterocycles. The molecule has 0 unspecified atom stereocenters. The maximum absolute atomic E-state index is 12.6. The van der Waals surface area contributed by atoms with Crippen molar-refractivity contribution in [2.45, 2.75) is 20.0 Å². The molecule has 1 aromatic heterocycles. The zero-order valence-electron chi connectivity index (χ0n) is 14.0. The molecule has 7 heteroatoms. The summed E-state index contributed by atoms with van der Waals surface area (Å²) in [5.74, 6) is -0.246. The smallest absolute Gasteiger partial charge is 0.373 e. The summed E-state index contributed by atoms with van der Waals surface area (Å²) in [5, 5.41) is 4.00. The molecular formula is C18H18N2O5. The highest BCUT2D eigenvalue weighted by Gasteiger charge is 2.33. The minimum atomic E-state index is -0.562. The number of methoxy groups -OCH3 is 1. The van der Waals surface area contributed by atoms with Crippen LogP contribution in [0.25, 0.3) is 0 Å². The highest BCUT2D eigenvalue weighted by molar-refractivity contribution is 6.54. The van der Waals surface area contributed by atoms with Gasteiger partial charge in [0.2, 0.25) is 5.76 Å². The fourth-order valence-corrected chi connectivity index (χ4v) is 2.62. The highest BCUT2D eigenvalue weighted by atomic mass is 16.6. The molecule has 0 atom stereocenters. The molecule has 7 nitrogen and oxygen atoms in total. The van der Waals surface area contributed by atoms with Gasteiger partial charge in [-0.2, -0.15) is 0 Å². The predicted molar refractivity (Wildman–Crippen MR) is 90.5 cm³/mol. The zero-order chi connectivity index (χ0) is 17.8. The third-order valence-corrected chi connectivity index (χ3v) is 3.76. The van der Waals surface area contributed by atoms with Crippen molar-refractivity contribution in [2.75, 3.05) is 18.6 Å². The van der Waals surface area contributed by atoms with Crippen molar-refractivity contribution in [3.63, 3.8) is 0 Å². The Morgan fingerprint density at radius 1 is 1.24 bits per heavy atom. The van der Waals surface area contributed by atoms with Crippen LogP contribution in [0.2, 0.25) is 0 Å². The van der Waals surface area contributed by atoms with Crippen molar-refractivity contribution >= 4 is 23.3 Å². The summed E-state index contributed by atoms with van der Waals surface area (Å²) >= 11 is 0. The maximum atomic E-state index is 12.6. The average molecular weight is 342 g/mol. The number of carbonyl (C=O) groups excluding carboxylic acids is 2. The first-order valence-electron chi connectivity index (χ1n) is 7.94. The number of esters is 1. The Labute approximate surface area is 144 Å². The second kappa shape index (κ2) is 7.21. The van der Waals surface area contributed by atoms with Gasteiger partial charge in [0.05, 0.1) is 12.8 Å². The van der Waals surface area contributed by atoms with E-state index in [1.807, 2.05) is 31.2 Å². The minimum absolute atomic E-state index is 0.00369. The molecule has 1 amide bonds. The summed E-state index contributed by atoms with van der Waals surface area (Å²) in [6.45, 7) is 2.64. The van der Waals surface area contributed by atoms with Gasteiger partial charge in [0.15, 0.2) is 12.3 Å². The van der Waals surface area contributed by atoms with Crippen LogP contribution in [0.4, 0.5) is 5.69 Å². The summed E-state index contributed by atoms with van der Waals surface area (Å²) in [4.78, 5) is 30.9. The number of fused-ring (bicyclic) bond motifs is 1. The van der Waals surface area contributed by atoms with Crippen LogP contribution in [0.3, 0.4) is 0 Å². The van der Waals surface area contributed by atoms with Crippen molar-refractivity contribution in [2.24, 2.45) is 5.16 Å². The second-order valence-corrected chi connectivity index (χ2v) is 5.44. The van der Waals surface area contributed by atoms with Crippen LogP contribution in [0.15, 0.2) is 46.0 Å². The first-order valence-corrected chi connectivity index (χ1v) is 7.94. The SMILES string of the molecule is CCCN1C(=O)C(=NOCc2ccc(C(=O)OC)o2)c2ccccc21. The molecule has 2 aromatic rings. The molecule has 1 aliphatic heterocycles. The van der Waals surface area contributed by atoms with Crippen LogP contribution in [-0.4, -0.2) is 31.2 Å². The number of hydrogen-bond donors (Lipinski definition) is 0. The predicted octanol–water partition coefficient (Wildman–Crippen LogP) is 2.74. The number of hydrogen-bond acceptors (Lipinski definition) is 6. The number of amides is 1. The van der Waals surface area contributed by atoms with Gasteiger partial charge < -0.3 is 18.9 Å². The van der Waals surface area contributed by atoms with Crippen molar-refractivity contribution in [3.05, 3.63) is 53.5 Å². The third kappa shape index (κ3) is 3.26. The number of carbonyl (C=O) groups is 2. The van der Waals surface area contributed by atoms with Gasteiger partial charge in [0, 0.05) is 12.1 Å². The van der Waals surface area contributed by atoms with E-state index in [1.54, 1.807) is 11.0 Å². The van der Waals surface area contributed by atoms with E-state index in [0.717, 1.165) is 17.7 Å². The number of anilines is 1. The molecular weight excluding hydrogens is 324 g/mol. The lowest BCUT2D eigenvalue weighted by atomic mass is 10.1. The summed E-state index contributed by atoms with van der Waals surface area (Å²) in [7, 11) is 1.28. The van der Waals surface area contributed by atoms with E-state index in [4.69, 9.17) is 9.25 Å². The zero-order valence-corrected chi connectivity index (χ0v) is 14.0. The summed E-state index contributed by atoms with van der Waals surface area (Å²) in [5.41, 5.74) is 1.85. The lowest BCUT2D eigenvalue weighted by Crippen LogP contribution is -2.30. The molecule has 1 aliphatic rings. The molecule has 3 rings (SSSR count). The van der Waals surface area contributed by atoms with Gasteiger partial charge in [-0.15, -0.1) is 0 Å². The van der Waals surface area contributed by atoms with Gasteiger partial charge in [0.1, 0.15) is 5.76 Å². The summed E-state index contributed by atoms with van der Waals surface area (Å²) < 4.78 is 9.86. The van der Waals surface area contributed by atoms with Crippen molar-refractivity contribution in [3.8, 4) is 0 Å². The van der Waals surface area contributed by atoms with E-state index < -0.39 is 5.97 Å². The molecule has 0 N–H and O–H groups in total. The Kier molecular flexibility index (Phi) is 4.83. The minimum Gasteiger partial charge on any atom is -0.463 e. The van der Waals surface area contributed by atoms with Crippen LogP contribution in [0.1, 0.15) is 35.2 Å². The van der Waals surface area contributed by atoms with E-state index in [2.05, 4.69) is 9.89 Å². The normalized spacial score (nSPS) is 14.7. The molecule has 130 valence electrons. The van der Waals surface area contributed by atoms with E-state index in [-0.39, 0.29) is 24.0 Å². The lowest BCUT2D eigenvalue weighted by Gasteiger charge is -2.14. The Morgan fingerprint density at radius 3 is 2.80 bits per heavy atom. The van der Waals surface area contributed by atoms with Crippen LogP contribution in [0, 0.1) is 0 Å². The molecule has 0 bridgehead atoms. The van der Waals surface area contributed by atoms with E-state index in [9.17, 15) is 9.59 Å². The van der Waals surface area contributed by atoms with Crippen molar-refractivity contribution in [1.82, 2.24) is 0 Å². The molecule has 0 fully saturated rings. The van der Waals surface area contributed by atoms with Gasteiger partial charge >= 0.3 is 5.97 Å². The number of para-hydroxylation sites is 1. The van der Waals surface area contributed by atoms with Crippen molar-refractivity contribution < 1.29 is 23.6 Å². The average Bonchev–Trinajstić information content (AvgIpc) is 3.20.